The number of ether oxygens (including phenoxy) is 1. The zero-order valence-corrected chi connectivity index (χ0v) is 14.9. The van der Waals surface area contributed by atoms with E-state index in [0.717, 1.165) is 22.8 Å². The highest BCUT2D eigenvalue weighted by Crippen LogP contribution is 2.25. The molecule has 2 aromatic rings. The zero-order chi connectivity index (χ0) is 18.0. The third-order valence-corrected chi connectivity index (χ3v) is 4.73. The van der Waals surface area contributed by atoms with Crippen LogP contribution in [0.15, 0.2) is 5.38 Å². The van der Waals surface area contributed by atoms with Crippen LogP contribution >= 0.6 is 11.3 Å². The van der Waals surface area contributed by atoms with Crippen molar-refractivity contribution in [2.45, 2.75) is 32.5 Å². The second-order valence-electron chi connectivity index (χ2n) is 6.13. The molecule has 0 spiro atoms. The first-order valence-corrected chi connectivity index (χ1v) is 8.94. The van der Waals surface area contributed by atoms with Gasteiger partial charge in [-0.1, -0.05) is 6.92 Å². The summed E-state index contributed by atoms with van der Waals surface area (Å²) in [5.74, 6) is 0.406. The molecule has 138 valence electrons. The first-order chi connectivity index (χ1) is 11.8. The van der Waals surface area contributed by atoms with Crippen LogP contribution in [0.5, 0.6) is 0 Å². The SMILES string of the molecule is Cc1nc(-c2nc([C@H](C)CN3CCOCC3)n(CC(F)(F)F)n2)cs1. The molecule has 1 saturated heterocycles. The molecular formula is C15H20F3N5OS. The average molecular weight is 375 g/mol. The first kappa shape index (κ1) is 18.3. The van der Waals surface area contributed by atoms with Gasteiger partial charge in [0.05, 0.1) is 18.2 Å². The lowest BCUT2D eigenvalue weighted by molar-refractivity contribution is -0.143. The van der Waals surface area contributed by atoms with Gasteiger partial charge < -0.3 is 4.74 Å². The lowest BCUT2D eigenvalue weighted by Crippen LogP contribution is -2.39. The third kappa shape index (κ3) is 4.77. The fourth-order valence-corrected chi connectivity index (χ4v) is 3.42. The number of nitrogens with zero attached hydrogens (tertiary/aromatic N) is 5. The van der Waals surface area contributed by atoms with Crippen molar-refractivity contribution in [1.29, 1.82) is 0 Å². The maximum Gasteiger partial charge on any atom is 0.408 e. The van der Waals surface area contributed by atoms with Crippen LogP contribution in [0.1, 0.15) is 23.7 Å². The molecule has 2 aromatic heterocycles. The molecule has 0 aliphatic carbocycles. The summed E-state index contributed by atoms with van der Waals surface area (Å²) in [5.41, 5.74) is 0.517. The maximum atomic E-state index is 12.9. The fourth-order valence-electron chi connectivity index (χ4n) is 2.83. The van der Waals surface area contributed by atoms with Gasteiger partial charge in [0.25, 0.3) is 0 Å². The monoisotopic (exact) mass is 375 g/mol. The fraction of sp³-hybridized carbons (Fsp3) is 0.667. The van der Waals surface area contributed by atoms with Gasteiger partial charge >= 0.3 is 6.18 Å². The molecule has 10 heteroatoms. The Balaban J connectivity index is 1.85. The molecule has 0 aromatic carbocycles. The average Bonchev–Trinajstić information content (AvgIpc) is 3.13. The highest BCUT2D eigenvalue weighted by Gasteiger charge is 2.32. The van der Waals surface area contributed by atoms with Crippen molar-refractivity contribution in [3.8, 4) is 11.5 Å². The van der Waals surface area contributed by atoms with Crippen LogP contribution in [0.2, 0.25) is 0 Å². The molecule has 1 aliphatic rings. The zero-order valence-electron chi connectivity index (χ0n) is 14.1. The van der Waals surface area contributed by atoms with Crippen LogP contribution in [0.3, 0.4) is 0 Å². The Labute approximate surface area is 147 Å². The number of hydrogen-bond acceptors (Lipinski definition) is 6. The molecule has 1 atom stereocenters. The Bertz CT molecular complexity index is 708. The van der Waals surface area contributed by atoms with Crippen molar-refractivity contribution in [1.82, 2.24) is 24.6 Å². The molecule has 0 radical (unpaired) electrons. The van der Waals surface area contributed by atoms with E-state index in [4.69, 9.17) is 4.74 Å². The van der Waals surface area contributed by atoms with Gasteiger partial charge in [-0.2, -0.15) is 13.2 Å². The Morgan fingerprint density at radius 3 is 2.60 bits per heavy atom. The van der Waals surface area contributed by atoms with Crippen LogP contribution < -0.4 is 0 Å². The molecule has 25 heavy (non-hydrogen) atoms. The number of alkyl halides is 3. The van der Waals surface area contributed by atoms with E-state index < -0.39 is 12.7 Å². The summed E-state index contributed by atoms with van der Waals surface area (Å²) in [6, 6.07) is 0. The second-order valence-corrected chi connectivity index (χ2v) is 7.19. The summed E-state index contributed by atoms with van der Waals surface area (Å²) in [6.45, 7) is 6.02. The number of halogens is 3. The molecule has 0 saturated carbocycles. The van der Waals surface area contributed by atoms with Crippen molar-refractivity contribution in [3.05, 3.63) is 16.2 Å². The van der Waals surface area contributed by atoms with E-state index in [1.807, 2.05) is 13.8 Å². The van der Waals surface area contributed by atoms with Gasteiger partial charge in [0.15, 0.2) is 0 Å². The molecule has 6 nitrogen and oxygen atoms in total. The van der Waals surface area contributed by atoms with Crippen molar-refractivity contribution in [2.75, 3.05) is 32.8 Å². The Kier molecular flexibility index (Phi) is 5.40. The van der Waals surface area contributed by atoms with E-state index in [9.17, 15) is 13.2 Å². The van der Waals surface area contributed by atoms with Gasteiger partial charge in [-0.3, -0.25) is 4.90 Å². The predicted octanol–water partition coefficient (Wildman–Crippen LogP) is 2.71. The van der Waals surface area contributed by atoms with E-state index in [-0.39, 0.29) is 11.7 Å². The summed E-state index contributed by atoms with van der Waals surface area (Å²) < 4.78 is 45.1. The van der Waals surface area contributed by atoms with E-state index >= 15 is 0 Å². The van der Waals surface area contributed by atoms with Gasteiger partial charge in [-0.25, -0.2) is 14.6 Å². The standard InChI is InChI=1S/C15H20F3N5OS/c1-10(7-22-3-5-24-6-4-22)14-20-13(12-8-25-11(2)19-12)21-23(14)9-15(16,17)18/h8,10H,3-7,9H2,1-2H3/t10-/m1/s1. The van der Waals surface area contributed by atoms with Gasteiger partial charge in [0.2, 0.25) is 5.82 Å². The summed E-state index contributed by atoms with van der Waals surface area (Å²) in [7, 11) is 0. The van der Waals surface area contributed by atoms with E-state index in [1.165, 1.54) is 11.3 Å². The predicted molar refractivity (Wildman–Crippen MR) is 87.6 cm³/mol. The maximum absolute atomic E-state index is 12.9. The quantitative estimate of drug-likeness (QED) is 0.804. The molecule has 0 bridgehead atoms. The summed E-state index contributed by atoms with van der Waals surface area (Å²) in [4.78, 5) is 10.8. The highest BCUT2D eigenvalue weighted by molar-refractivity contribution is 7.09. The summed E-state index contributed by atoms with van der Waals surface area (Å²) in [6.07, 6.45) is -4.35. The minimum Gasteiger partial charge on any atom is -0.379 e. The van der Waals surface area contributed by atoms with Crippen LogP contribution in [-0.2, 0) is 11.3 Å². The van der Waals surface area contributed by atoms with Gasteiger partial charge in [-0.15, -0.1) is 16.4 Å². The van der Waals surface area contributed by atoms with E-state index in [2.05, 4.69) is 20.0 Å². The Hall–Kier alpha value is -1.52. The van der Waals surface area contributed by atoms with Crippen molar-refractivity contribution < 1.29 is 17.9 Å². The lowest BCUT2D eigenvalue weighted by atomic mass is 10.1. The van der Waals surface area contributed by atoms with Crippen LogP contribution in [0, 0.1) is 6.92 Å². The molecule has 0 N–H and O–H groups in total. The molecule has 0 unspecified atom stereocenters. The van der Waals surface area contributed by atoms with Crippen molar-refractivity contribution in [2.24, 2.45) is 0 Å². The van der Waals surface area contributed by atoms with Crippen molar-refractivity contribution in [3.63, 3.8) is 0 Å². The number of aromatic nitrogens is 4. The summed E-state index contributed by atoms with van der Waals surface area (Å²) >= 11 is 1.42. The molecular weight excluding hydrogens is 355 g/mol. The number of rotatable bonds is 5. The van der Waals surface area contributed by atoms with Gasteiger partial charge in [0.1, 0.15) is 18.1 Å². The number of morpholine rings is 1. The molecule has 0 amide bonds. The molecule has 1 aliphatic heterocycles. The number of hydrogen-bond donors (Lipinski definition) is 0. The normalized spacial score (nSPS) is 17.8. The minimum absolute atomic E-state index is 0.179. The lowest BCUT2D eigenvalue weighted by Gasteiger charge is -2.28. The highest BCUT2D eigenvalue weighted by atomic mass is 32.1. The number of thiazole rings is 1. The van der Waals surface area contributed by atoms with Crippen LogP contribution in [-0.4, -0.2) is 63.7 Å². The first-order valence-electron chi connectivity index (χ1n) is 8.06. The molecule has 3 rings (SSSR count). The molecule has 1 fully saturated rings. The van der Waals surface area contributed by atoms with E-state index in [0.29, 0.717) is 31.3 Å². The van der Waals surface area contributed by atoms with Crippen LogP contribution in [0.25, 0.3) is 11.5 Å². The Morgan fingerprint density at radius 1 is 1.28 bits per heavy atom. The molecule has 3 heterocycles. The third-order valence-electron chi connectivity index (χ3n) is 3.95. The van der Waals surface area contributed by atoms with Gasteiger partial charge in [-0.05, 0) is 6.92 Å². The Morgan fingerprint density at radius 2 is 2.00 bits per heavy atom. The summed E-state index contributed by atoms with van der Waals surface area (Å²) in [5, 5.41) is 6.67. The second kappa shape index (κ2) is 7.38. The number of aryl methyl sites for hydroxylation is 1. The topological polar surface area (TPSA) is 56.1 Å². The minimum atomic E-state index is -4.35. The van der Waals surface area contributed by atoms with Gasteiger partial charge in [0, 0.05) is 30.9 Å². The van der Waals surface area contributed by atoms with Crippen molar-refractivity contribution >= 4 is 11.3 Å². The van der Waals surface area contributed by atoms with Crippen LogP contribution in [0.4, 0.5) is 13.2 Å². The largest absolute Gasteiger partial charge is 0.408 e. The smallest absolute Gasteiger partial charge is 0.379 e. The van der Waals surface area contributed by atoms with E-state index in [1.54, 1.807) is 5.38 Å².